The van der Waals surface area contributed by atoms with Gasteiger partial charge >= 0.3 is 0 Å². The van der Waals surface area contributed by atoms with Crippen molar-refractivity contribution in [2.24, 2.45) is 0 Å². The van der Waals surface area contributed by atoms with Gasteiger partial charge in [-0.1, -0.05) is 121 Å². The number of benzene rings is 9. The Morgan fingerprint density at radius 2 is 0.891 bits per heavy atom. The summed E-state index contributed by atoms with van der Waals surface area (Å²) in [5.41, 5.74) is 14.1. The third kappa shape index (κ3) is 4.44. The van der Waals surface area contributed by atoms with Gasteiger partial charge in [0.15, 0.2) is 0 Å². The minimum absolute atomic E-state index is 0.873. The Hall–Kier alpha value is -7.36. The minimum Gasteiger partial charge on any atom is -0.456 e. The van der Waals surface area contributed by atoms with Gasteiger partial charge in [0.2, 0.25) is 0 Å². The number of para-hydroxylation sites is 3. The molecule has 55 heavy (non-hydrogen) atoms. The van der Waals surface area contributed by atoms with E-state index >= 15 is 0 Å². The van der Waals surface area contributed by atoms with Gasteiger partial charge in [0.1, 0.15) is 11.5 Å². The fourth-order valence-electron chi connectivity index (χ4n) is 9.07. The van der Waals surface area contributed by atoms with Crippen molar-refractivity contribution < 1.29 is 4.74 Å². The third-order valence-corrected chi connectivity index (χ3v) is 11.5. The number of ether oxygens (including phenoxy) is 1. The summed E-state index contributed by atoms with van der Waals surface area (Å²) in [6.07, 6.45) is 0. The summed E-state index contributed by atoms with van der Waals surface area (Å²) in [7, 11) is 0. The first kappa shape index (κ1) is 30.1. The maximum Gasteiger partial charge on any atom is 0.135 e. The second kappa shape index (κ2) is 11.6. The zero-order valence-electron chi connectivity index (χ0n) is 29.8. The Kier molecular flexibility index (Phi) is 6.34. The molecule has 0 unspecified atom stereocenters. The van der Waals surface area contributed by atoms with E-state index in [9.17, 15) is 0 Å². The Morgan fingerprint density at radius 1 is 0.291 bits per heavy atom. The fraction of sp³-hybridized carbons (Fsp3) is 0. The predicted molar refractivity (Wildman–Crippen MR) is 229 cm³/mol. The molecule has 11 aromatic rings. The zero-order valence-corrected chi connectivity index (χ0v) is 29.8. The second-order valence-electron chi connectivity index (χ2n) is 14.5. The van der Waals surface area contributed by atoms with Crippen LogP contribution in [0.1, 0.15) is 0 Å². The van der Waals surface area contributed by atoms with Crippen molar-refractivity contribution in [1.29, 1.82) is 0 Å². The topological polar surface area (TPSA) is 19.1 Å². The molecule has 0 radical (unpaired) electrons. The molecule has 12 rings (SSSR count). The molecule has 0 bridgehead atoms. The van der Waals surface area contributed by atoms with Crippen LogP contribution in [0.25, 0.3) is 99.1 Å². The molecule has 1 aliphatic heterocycles. The monoisotopic (exact) mass is 700 g/mol. The minimum atomic E-state index is 0.873. The lowest BCUT2D eigenvalue weighted by molar-refractivity contribution is 0.487. The molecule has 2 aromatic heterocycles. The first-order valence-electron chi connectivity index (χ1n) is 18.8. The van der Waals surface area contributed by atoms with Crippen LogP contribution in [0.4, 0.5) is 0 Å². The molecule has 0 spiro atoms. The summed E-state index contributed by atoms with van der Waals surface area (Å²) in [5, 5.41) is 7.35. The number of hydrogen-bond donors (Lipinski definition) is 0. The molecule has 0 saturated heterocycles. The summed E-state index contributed by atoms with van der Waals surface area (Å²) in [4.78, 5) is 0. The Bertz CT molecular complexity index is 3330. The van der Waals surface area contributed by atoms with Crippen LogP contribution in [0.5, 0.6) is 11.5 Å². The number of rotatable bonds is 4. The van der Waals surface area contributed by atoms with Gasteiger partial charge in [-0.3, -0.25) is 0 Å². The average Bonchev–Trinajstić information content (AvgIpc) is 3.77. The maximum atomic E-state index is 6.70. The number of aromatic nitrogens is 2. The summed E-state index contributed by atoms with van der Waals surface area (Å²) >= 11 is 0. The van der Waals surface area contributed by atoms with Crippen LogP contribution < -0.4 is 4.74 Å². The van der Waals surface area contributed by atoms with Crippen molar-refractivity contribution in [3.8, 4) is 56.3 Å². The quantitative estimate of drug-likeness (QED) is 0.179. The van der Waals surface area contributed by atoms with Gasteiger partial charge in [-0.15, -0.1) is 0 Å². The second-order valence-corrected chi connectivity index (χ2v) is 14.5. The van der Waals surface area contributed by atoms with E-state index in [2.05, 4.69) is 203 Å². The molecular weight excluding hydrogens is 669 g/mol. The van der Waals surface area contributed by atoms with Crippen molar-refractivity contribution in [2.45, 2.75) is 0 Å². The fourth-order valence-corrected chi connectivity index (χ4v) is 9.07. The number of nitrogens with zero attached hydrogens (tertiary/aromatic N) is 2. The van der Waals surface area contributed by atoms with Crippen molar-refractivity contribution in [3.63, 3.8) is 0 Å². The highest BCUT2D eigenvalue weighted by atomic mass is 16.5. The van der Waals surface area contributed by atoms with Crippen molar-refractivity contribution in [2.75, 3.05) is 0 Å². The SMILES string of the molecule is c1ccc(-c2ccc3c(c2)c2ccccc2n3-c2cccc(-c3ccc4c(c3)-c3cc5c(c6cccc(c36)O4)c3ccccc3n5-c3ccccc3)c2)cc1. The van der Waals surface area contributed by atoms with Crippen molar-refractivity contribution in [1.82, 2.24) is 9.13 Å². The number of hydrogen-bond acceptors (Lipinski definition) is 1. The van der Waals surface area contributed by atoms with Gasteiger partial charge in [0, 0.05) is 43.9 Å². The summed E-state index contributed by atoms with van der Waals surface area (Å²) in [6, 6.07) is 70.1. The molecule has 3 heteroatoms. The predicted octanol–water partition coefficient (Wildman–Crippen LogP) is 14.1. The van der Waals surface area contributed by atoms with E-state index in [1.165, 1.54) is 65.7 Å². The molecule has 0 aliphatic carbocycles. The number of fused-ring (bicyclic) bond motifs is 9. The molecule has 0 atom stereocenters. The van der Waals surface area contributed by atoms with E-state index < -0.39 is 0 Å². The Balaban J connectivity index is 1.05. The molecule has 0 N–H and O–H groups in total. The van der Waals surface area contributed by atoms with E-state index in [0.717, 1.165) is 45.0 Å². The highest BCUT2D eigenvalue weighted by molar-refractivity contribution is 6.26. The van der Waals surface area contributed by atoms with Crippen LogP contribution in [-0.2, 0) is 0 Å². The van der Waals surface area contributed by atoms with Crippen LogP contribution in [0.3, 0.4) is 0 Å². The first-order chi connectivity index (χ1) is 27.3. The van der Waals surface area contributed by atoms with Crippen LogP contribution >= 0.6 is 0 Å². The first-order valence-corrected chi connectivity index (χ1v) is 18.8. The Labute approximate surface area is 317 Å². The molecule has 0 saturated carbocycles. The zero-order chi connectivity index (χ0) is 36.0. The molecule has 9 aromatic carbocycles. The largest absolute Gasteiger partial charge is 0.456 e. The molecule has 1 aliphatic rings. The van der Waals surface area contributed by atoms with Crippen LogP contribution in [0.15, 0.2) is 194 Å². The van der Waals surface area contributed by atoms with Gasteiger partial charge in [-0.25, -0.2) is 0 Å². The van der Waals surface area contributed by atoms with E-state index in [1.807, 2.05) is 0 Å². The van der Waals surface area contributed by atoms with Crippen molar-refractivity contribution >= 4 is 54.4 Å². The van der Waals surface area contributed by atoms with Crippen LogP contribution in [0, 0.1) is 0 Å². The van der Waals surface area contributed by atoms with Gasteiger partial charge in [-0.2, -0.15) is 0 Å². The average molecular weight is 701 g/mol. The highest BCUT2D eigenvalue weighted by Crippen LogP contribution is 2.51. The van der Waals surface area contributed by atoms with Gasteiger partial charge in [-0.05, 0) is 106 Å². The van der Waals surface area contributed by atoms with Crippen LogP contribution in [0.2, 0.25) is 0 Å². The van der Waals surface area contributed by atoms with E-state index in [0.29, 0.717) is 0 Å². The summed E-state index contributed by atoms with van der Waals surface area (Å²) in [6.45, 7) is 0. The summed E-state index contributed by atoms with van der Waals surface area (Å²) < 4.78 is 11.5. The lowest BCUT2D eigenvalue weighted by Gasteiger charge is -2.23. The van der Waals surface area contributed by atoms with E-state index in [4.69, 9.17) is 4.74 Å². The third-order valence-electron chi connectivity index (χ3n) is 11.5. The molecule has 0 amide bonds. The van der Waals surface area contributed by atoms with Crippen LogP contribution in [-0.4, -0.2) is 9.13 Å². The molecule has 0 fully saturated rings. The van der Waals surface area contributed by atoms with Gasteiger partial charge < -0.3 is 13.9 Å². The van der Waals surface area contributed by atoms with E-state index in [1.54, 1.807) is 0 Å². The lowest BCUT2D eigenvalue weighted by Crippen LogP contribution is -1.99. The van der Waals surface area contributed by atoms with E-state index in [-0.39, 0.29) is 0 Å². The smallest absolute Gasteiger partial charge is 0.135 e. The highest BCUT2D eigenvalue weighted by Gasteiger charge is 2.25. The normalized spacial score (nSPS) is 12.1. The van der Waals surface area contributed by atoms with Gasteiger partial charge in [0.05, 0.1) is 22.1 Å². The molecule has 3 nitrogen and oxygen atoms in total. The lowest BCUT2D eigenvalue weighted by atomic mass is 9.90. The summed E-state index contributed by atoms with van der Waals surface area (Å²) in [5.74, 6) is 1.77. The Morgan fingerprint density at radius 3 is 1.75 bits per heavy atom. The molecule has 256 valence electrons. The maximum absolute atomic E-state index is 6.70. The van der Waals surface area contributed by atoms with Gasteiger partial charge in [0.25, 0.3) is 0 Å². The van der Waals surface area contributed by atoms with Crippen molar-refractivity contribution in [3.05, 3.63) is 194 Å². The molecular formula is C52H32N2O. The molecule has 3 heterocycles. The standard InChI is InChI=1S/C52H32N2O/c1-3-13-33(14-4-1)35-25-27-47-42(30-35)39-19-7-9-22-45(39)54(47)38-18-11-15-34(29-38)36-26-28-49-43(31-36)44-32-48-51(41-21-12-24-50(55-49)52(41)44)40-20-8-10-23-46(40)53(48)37-16-5-2-6-17-37/h1-32H.